The van der Waals surface area contributed by atoms with Crippen molar-refractivity contribution in [3.63, 3.8) is 0 Å². The van der Waals surface area contributed by atoms with Gasteiger partial charge in [-0.2, -0.15) is 0 Å². The van der Waals surface area contributed by atoms with Gasteiger partial charge in [0, 0.05) is 44.4 Å². The molecule has 0 N–H and O–H groups in total. The van der Waals surface area contributed by atoms with E-state index in [0.717, 1.165) is 75.4 Å². The smallest absolute Gasteiger partial charge is 0.123 e. The van der Waals surface area contributed by atoms with Crippen LogP contribution in [0.25, 0.3) is 0 Å². The third-order valence-electron chi connectivity index (χ3n) is 7.66. The normalized spacial score (nSPS) is 12.2. The van der Waals surface area contributed by atoms with Crippen LogP contribution in [0.1, 0.15) is 76.6 Å². The van der Waals surface area contributed by atoms with Gasteiger partial charge in [0.15, 0.2) is 0 Å². The predicted octanol–water partition coefficient (Wildman–Crippen LogP) is 7.95. The van der Waals surface area contributed by atoms with Gasteiger partial charge < -0.3 is 14.4 Å². The number of nitrogens with zero attached hydrogens (tertiary/aromatic N) is 2. The van der Waals surface area contributed by atoms with E-state index in [0.29, 0.717) is 6.61 Å². The van der Waals surface area contributed by atoms with Crippen LogP contribution in [-0.4, -0.2) is 56.8 Å². The maximum atomic E-state index is 13.8. The fourth-order valence-electron chi connectivity index (χ4n) is 5.46. The van der Waals surface area contributed by atoms with Crippen molar-refractivity contribution in [3.8, 4) is 5.75 Å². The minimum absolute atomic E-state index is 0.150. The summed E-state index contributed by atoms with van der Waals surface area (Å²) in [4.78, 5) is 4.85. The lowest BCUT2D eigenvalue weighted by Gasteiger charge is -2.29. The second kappa shape index (κ2) is 16.6. The Morgan fingerprint density at radius 3 is 2.30 bits per heavy atom. The van der Waals surface area contributed by atoms with Crippen LogP contribution in [0.5, 0.6) is 5.75 Å². The first-order chi connectivity index (χ1) is 19.0. The number of halogens is 1. The summed E-state index contributed by atoms with van der Waals surface area (Å²) in [5, 5.41) is 0. The Morgan fingerprint density at radius 2 is 1.68 bits per heavy atom. The first-order valence-electron chi connectivity index (χ1n) is 14.8. The molecule has 0 saturated heterocycles. The van der Waals surface area contributed by atoms with E-state index in [1.54, 1.807) is 26.4 Å². The maximum Gasteiger partial charge on any atom is 0.123 e. The number of benzene rings is 2. The van der Waals surface area contributed by atoms with Crippen molar-refractivity contribution in [1.29, 1.82) is 0 Å². The molecule has 4 nitrogen and oxygen atoms in total. The molecule has 0 bridgehead atoms. The fourth-order valence-corrected chi connectivity index (χ4v) is 5.46. The first-order valence-corrected chi connectivity index (χ1v) is 14.8. The van der Waals surface area contributed by atoms with Crippen LogP contribution in [0.15, 0.2) is 60.3 Å². The van der Waals surface area contributed by atoms with Crippen LogP contribution in [0, 0.1) is 5.82 Å². The summed E-state index contributed by atoms with van der Waals surface area (Å²) in [5.74, 6) is 0.762. The largest absolute Gasteiger partial charge is 0.497 e. The van der Waals surface area contributed by atoms with Crippen molar-refractivity contribution >= 4 is 0 Å². The van der Waals surface area contributed by atoms with Gasteiger partial charge in [-0.05, 0) is 92.6 Å². The third-order valence-corrected chi connectivity index (χ3v) is 7.66. The predicted molar refractivity (Wildman–Crippen MR) is 168 cm³/mol. The number of ether oxygens (including phenoxy) is 2. The van der Waals surface area contributed by atoms with Gasteiger partial charge in [-0.3, -0.25) is 4.90 Å². The average molecular weight is 553 g/mol. The van der Waals surface area contributed by atoms with Gasteiger partial charge in [0.25, 0.3) is 0 Å². The highest BCUT2D eigenvalue weighted by Crippen LogP contribution is 2.31. The Labute approximate surface area is 243 Å². The maximum absolute atomic E-state index is 13.8. The molecule has 0 aliphatic rings. The number of rotatable bonds is 18. The summed E-state index contributed by atoms with van der Waals surface area (Å²) in [6, 6.07) is 11.8. The molecule has 2 rings (SSSR count). The number of aryl methyl sites for hydroxylation is 2. The van der Waals surface area contributed by atoms with Crippen LogP contribution in [0.2, 0.25) is 0 Å². The monoisotopic (exact) mass is 552 g/mol. The number of methoxy groups -OCH3 is 2. The van der Waals surface area contributed by atoms with Crippen molar-refractivity contribution in [3.05, 3.63) is 88.4 Å². The molecular weight excluding hydrogens is 499 g/mol. The third kappa shape index (κ3) is 10.7. The fraction of sp³-hybridized carbons (Fsp3) is 0.543. The van der Waals surface area contributed by atoms with E-state index >= 15 is 0 Å². The Balaban J connectivity index is 2.15. The van der Waals surface area contributed by atoms with Crippen molar-refractivity contribution in [2.24, 2.45) is 0 Å². The molecule has 0 aliphatic carbocycles. The van der Waals surface area contributed by atoms with E-state index in [1.807, 2.05) is 6.07 Å². The van der Waals surface area contributed by atoms with Crippen LogP contribution in [0.3, 0.4) is 0 Å². The molecule has 0 spiro atoms. The molecule has 0 unspecified atom stereocenters. The van der Waals surface area contributed by atoms with E-state index < -0.39 is 0 Å². The lowest BCUT2D eigenvalue weighted by atomic mass is 9.79. The van der Waals surface area contributed by atoms with E-state index in [-0.39, 0.29) is 11.2 Å². The van der Waals surface area contributed by atoms with Crippen LogP contribution >= 0.6 is 0 Å². The molecule has 0 radical (unpaired) electrons. The lowest BCUT2D eigenvalue weighted by molar-refractivity contribution is 0.152. The highest BCUT2D eigenvalue weighted by molar-refractivity contribution is 5.38. The molecule has 0 fully saturated rings. The Morgan fingerprint density at radius 1 is 0.950 bits per heavy atom. The van der Waals surface area contributed by atoms with Gasteiger partial charge >= 0.3 is 0 Å². The topological polar surface area (TPSA) is 24.9 Å². The highest BCUT2D eigenvalue weighted by Gasteiger charge is 2.21. The van der Waals surface area contributed by atoms with Gasteiger partial charge in [0.05, 0.1) is 13.7 Å². The Bertz CT molecular complexity index is 1090. The SMILES string of the molecule is C=C(C)N(CCOC)CCN(CCC/C(C)=C/C(C)(C)c1ccc(F)cc1CC)Cc1cc(CC)cc(OC)c1. The molecule has 2 aromatic rings. The van der Waals surface area contributed by atoms with Gasteiger partial charge in [-0.1, -0.05) is 58.1 Å². The summed E-state index contributed by atoms with van der Waals surface area (Å²) in [6.45, 7) is 22.5. The van der Waals surface area contributed by atoms with Crippen LogP contribution in [0.4, 0.5) is 4.39 Å². The molecule has 0 atom stereocenters. The highest BCUT2D eigenvalue weighted by atomic mass is 19.1. The summed E-state index contributed by atoms with van der Waals surface area (Å²) in [6.07, 6.45) is 6.27. The van der Waals surface area contributed by atoms with E-state index in [1.165, 1.54) is 22.3 Å². The minimum atomic E-state index is -0.160. The zero-order chi connectivity index (χ0) is 29.7. The summed E-state index contributed by atoms with van der Waals surface area (Å²) in [7, 11) is 3.48. The molecule has 40 heavy (non-hydrogen) atoms. The second-order valence-corrected chi connectivity index (χ2v) is 11.5. The number of hydrogen-bond donors (Lipinski definition) is 0. The van der Waals surface area contributed by atoms with Gasteiger partial charge in [0.1, 0.15) is 11.6 Å². The molecule has 0 heterocycles. The molecule has 0 aliphatic heterocycles. The molecular formula is C35H53FN2O2. The standard InChI is InChI=1S/C35H53FN2O2/c1-10-29-21-30(23-33(22-29)40-9)26-37(17-18-38(27(3)4)19-20-39-8)16-12-13-28(5)25-35(6,7)34-15-14-32(36)24-31(34)11-2/h14-15,21-25H,3,10-13,16-20,26H2,1-2,4-9H3/b28-25+. The van der Waals surface area contributed by atoms with Gasteiger partial charge in [-0.25, -0.2) is 4.39 Å². The van der Waals surface area contributed by atoms with Crippen LogP contribution in [-0.2, 0) is 29.5 Å². The lowest BCUT2D eigenvalue weighted by Crippen LogP contribution is -2.36. The van der Waals surface area contributed by atoms with Crippen LogP contribution < -0.4 is 4.74 Å². The van der Waals surface area contributed by atoms with Crippen molar-refractivity contribution in [2.45, 2.75) is 79.2 Å². The van der Waals surface area contributed by atoms with Gasteiger partial charge in [0.2, 0.25) is 0 Å². The number of hydrogen-bond acceptors (Lipinski definition) is 4. The molecule has 222 valence electrons. The van der Waals surface area contributed by atoms with E-state index in [4.69, 9.17) is 9.47 Å². The van der Waals surface area contributed by atoms with Crippen molar-refractivity contribution in [1.82, 2.24) is 9.80 Å². The zero-order valence-electron chi connectivity index (χ0n) is 26.4. The zero-order valence-corrected chi connectivity index (χ0v) is 26.4. The number of allylic oxidation sites excluding steroid dienone is 3. The minimum Gasteiger partial charge on any atom is -0.497 e. The second-order valence-electron chi connectivity index (χ2n) is 11.5. The van der Waals surface area contributed by atoms with E-state index in [9.17, 15) is 4.39 Å². The quantitative estimate of drug-likeness (QED) is 0.175. The first kappa shape index (κ1) is 33.6. The Hall–Kier alpha value is -2.63. The molecule has 2 aromatic carbocycles. The molecule has 0 aromatic heterocycles. The Kier molecular flexibility index (Phi) is 13.9. The molecule has 5 heteroatoms. The molecule has 0 saturated carbocycles. The average Bonchev–Trinajstić information content (AvgIpc) is 2.91. The summed E-state index contributed by atoms with van der Waals surface area (Å²) in [5.41, 5.74) is 7.16. The van der Waals surface area contributed by atoms with Crippen molar-refractivity contribution in [2.75, 3.05) is 47.0 Å². The van der Waals surface area contributed by atoms with Crippen molar-refractivity contribution < 1.29 is 13.9 Å². The molecule has 0 amide bonds. The summed E-state index contributed by atoms with van der Waals surface area (Å²) < 4.78 is 24.8. The van der Waals surface area contributed by atoms with Gasteiger partial charge in [-0.15, -0.1) is 0 Å². The van der Waals surface area contributed by atoms with E-state index in [2.05, 4.69) is 82.2 Å². The summed E-state index contributed by atoms with van der Waals surface area (Å²) >= 11 is 0.